The number of nitrogens with zero attached hydrogens (tertiary/aromatic N) is 1. The van der Waals surface area contributed by atoms with E-state index in [-0.39, 0.29) is 6.61 Å². The number of ether oxygens (including phenoxy) is 1. The number of benzene rings is 1. The van der Waals surface area contributed by atoms with Gasteiger partial charge in [-0.3, -0.25) is 0 Å². The second-order valence-electron chi connectivity index (χ2n) is 4.23. The molecule has 0 fully saturated rings. The number of carbonyl (C=O) groups excluding carboxylic acids is 1. The zero-order valence-corrected chi connectivity index (χ0v) is 11.2. The van der Waals surface area contributed by atoms with E-state index < -0.39 is 5.97 Å². The predicted octanol–water partition coefficient (Wildman–Crippen LogP) is 2.72. The molecule has 0 atom stereocenters. The average molecular weight is 260 g/mol. The monoisotopic (exact) mass is 260 g/mol. The Morgan fingerprint density at radius 1 is 1.42 bits per heavy atom. The summed E-state index contributed by atoms with van der Waals surface area (Å²) in [5, 5.41) is 0. The number of anilines is 1. The first-order valence-electron chi connectivity index (χ1n) is 6.03. The molecule has 0 amide bonds. The predicted molar refractivity (Wildman–Crippen MR) is 71.8 cm³/mol. The molecule has 0 saturated heterocycles. The third-order valence-corrected chi connectivity index (χ3v) is 2.79. The highest BCUT2D eigenvalue weighted by Gasteiger charge is 2.21. The quantitative estimate of drug-likeness (QED) is 0.678. The zero-order valence-electron chi connectivity index (χ0n) is 11.2. The lowest BCUT2D eigenvalue weighted by Gasteiger charge is -2.11. The first-order valence-corrected chi connectivity index (χ1v) is 6.03. The van der Waals surface area contributed by atoms with E-state index in [4.69, 9.17) is 14.9 Å². The molecule has 100 valence electrons. The molecule has 5 heteroatoms. The van der Waals surface area contributed by atoms with Crippen LogP contribution in [0.4, 0.5) is 5.69 Å². The van der Waals surface area contributed by atoms with E-state index in [1.54, 1.807) is 13.0 Å². The maximum atomic E-state index is 12.0. The highest BCUT2D eigenvalue weighted by molar-refractivity contribution is 6.02. The summed E-state index contributed by atoms with van der Waals surface area (Å²) < 4.78 is 10.4. The van der Waals surface area contributed by atoms with Crippen LogP contribution in [-0.4, -0.2) is 17.6 Å². The molecule has 2 N–H and O–H groups in total. The Labute approximate surface area is 111 Å². The molecule has 2 aromatic rings. The number of carbonyl (C=O) groups is 1. The van der Waals surface area contributed by atoms with E-state index in [1.165, 1.54) is 6.26 Å². The van der Waals surface area contributed by atoms with Crippen molar-refractivity contribution in [2.24, 2.45) is 0 Å². The number of aromatic nitrogens is 1. The van der Waals surface area contributed by atoms with E-state index >= 15 is 0 Å². The summed E-state index contributed by atoms with van der Waals surface area (Å²) in [6, 6.07) is 3.59. The Hall–Kier alpha value is -2.30. The summed E-state index contributed by atoms with van der Waals surface area (Å²) >= 11 is 0. The van der Waals surface area contributed by atoms with E-state index in [1.807, 2.05) is 19.9 Å². The van der Waals surface area contributed by atoms with Gasteiger partial charge in [0.15, 0.2) is 0 Å². The minimum absolute atomic E-state index is 0.288. The maximum absolute atomic E-state index is 12.0. The number of hydrogen-bond donors (Lipinski definition) is 1. The molecule has 0 radical (unpaired) electrons. The molecule has 19 heavy (non-hydrogen) atoms. The molecular weight excluding hydrogens is 244 g/mol. The summed E-state index contributed by atoms with van der Waals surface area (Å²) in [5.41, 5.74) is 8.80. The molecule has 1 heterocycles. The van der Waals surface area contributed by atoms with Gasteiger partial charge in [0.25, 0.3) is 0 Å². The molecule has 1 aromatic heterocycles. The number of nitrogen functional groups attached to an aromatic ring is 1. The first kappa shape index (κ1) is 13.1. The van der Waals surface area contributed by atoms with Gasteiger partial charge in [-0.15, -0.1) is 0 Å². The van der Waals surface area contributed by atoms with Crippen molar-refractivity contribution in [1.29, 1.82) is 0 Å². The molecule has 0 saturated carbocycles. The number of oxazole rings is 1. The molecule has 0 aliphatic rings. The van der Waals surface area contributed by atoms with Crippen molar-refractivity contribution in [2.75, 3.05) is 12.3 Å². The molecule has 2 rings (SSSR count). The van der Waals surface area contributed by atoms with Crippen molar-refractivity contribution < 1.29 is 13.9 Å². The second kappa shape index (κ2) is 5.14. The van der Waals surface area contributed by atoms with Crippen molar-refractivity contribution in [3.63, 3.8) is 0 Å². The third-order valence-electron chi connectivity index (χ3n) is 2.79. The fourth-order valence-corrected chi connectivity index (χ4v) is 1.80. The van der Waals surface area contributed by atoms with E-state index in [0.717, 1.165) is 11.3 Å². The second-order valence-corrected chi connectivity index (χ2v) is 4.23. The molecular formula is C14H16N2O3. The fraction of sp³-hybridized carbons (Fsp3) is 0.286. The van der Waals surface area contributed by atoms with Crippen LogP contribution in [0.1, 0.15) is 28.5 Å². The van der Waals surface area contributed by atoms with Gasteiger partial charge in [-0.2, -0.15) is 0 Å². The summed E-state index contributed by atoms with van der Waals surface area (Å²) in [7, 11) is 0. The number of esters is 1. The van der Waals surface area contributed by atoms with E-state index in [9.17, 15) is 4.79 Å². The topological polar surface area (TPSA) is 78.3 Å². The highest BCUT2D eigenvalue weighted by atomic mass is 16.5. The van der Waals surface area contributed by atoms with Crippen molar-refractivity contribution in [3.8, 4) is 11.5 Å². The third kappa shape index (κ3) is 2.45. The van der Waals surface area contributed by atoms with Crippen LogP contribution in [0.25, 0.3) is 11.5 Å². The Kier molecular flexibility index (Phi) is 3.55. The van der Waals surface area contributed by atoms with Gasteiger partial charge in [-0.25, -0.2) is 9.78 Å². The van der Waals surface area contributed by atoms with Crippen LogP contribution >= 0.6 is 0 Å². The van der Waals surface area contributed by atoms with Crippen LogP contribution < -0.4 is 5.73 Å². The lowest BCUT2D eigenvalue weighted by Crippen LogP contribution is -2.11. The molecule has 0 aliphatic heterocycles. The van der Waals surface area contributed by atoms with Crippen LogP contribution in [0.3, 0.4) is 0 Å². The maximum Gasteiger partial charge on any atom is 0.341 e. The Bertz CT molecular complexity index is 617. The Balaban J connectivity index is 2.60. The van der Waals surface area contributed by atoms with Gasteiger partial charge >= 0.3 is 5.97 Å². The summed E-state index contributed by atoms with van der Waals surface area (Å²) in [6.07, 6.45) is 1.53. The average Bonchev–Trinajstić information content (AvgIpc) is 2.79. The lowest BCUT2D eigenvalue weighted by molar-refractivity contribution is 0.0528. The van der Waals surface area contributed by atoms with Crippen LogP contribution in [0.5, 0.6) is 0 Å². The normalized spacial score (nSPS) is 10.5. The summed E-state index contributed by atoms with van der Waals surface area (Å²) in [4.78, 5) is 16.3. The molecule has 0 aliphatic carbocycles. The number of rotatable bonds is 3. The number of hydrogen-bond acceptors (Lipinski definition) is 5. The zero-order chi connectivity index (χ0) is 14.0. The highest BCUT2D eigenvalue weighted by Crippen LogP contribution is 2.30. The molecule has 0 unspecified atom stereocenters. The van der Waals surface area contributed by atoms with Gasteiger partial charge in [0, 0.05) is 5.69 Å². The summed E-state index contributed by atoms with van der Waals surface area (Å²) in [6.45, 7) is 5.69. The van der Waals surface area contributed by atoms with Gasteiger partial charge in [0.1, 0.15) is 6.26 Å². The van der Waals surface area contributed by atoms with Crippen LogP contribution in [0.15, 0.2) is 22.8 Å². The molecule has 0 spiro atoms. The van der Waals surface area contributed by atoms with Gasteiger partial charge in [-0.1, -0.05) is 6.07 Å². The minimum atomic E-state index is -0.463. The minimum Gasteiger partial charge on any atom is -0.462 e. The molecule has 0 bridgehead atoms. The SMILES string of the molecule is CCOC(=O)c1c(-c2nc(C)co2)ccc(C)c1N. The Morgan fingerprint density at radius 3 is 2.74 bits per heavy atom. The van der Waals surface area contributed by atoms with Gasteiger partial charge in [0.2, 0.25) is 5.89 Å². The van der Waals surface area contributed by atoms with Gasteiger partial charge in [-0.05, 0) is 32.4 Å². The van der Waals surface area contributed by atoms with Crippen molar-refractivity contribution >= 4 is 11.7 Å². The van der Waals surface area contributed by atoms with Gasteiger partial charge < -0.3 is 14.9 Å². The summed E-state index contributed by atoms with van der Waals surface area (Å²) in [5.74, 6) is -0.0955. The van der Waals surface area contributed by atoms with Crippen molar-refractivity contribution in [2.45, 2.75) is 20.8 Å². The molecule has 5 nitrogen and oxygen atoms in total. The molecule has 1 aromatic carbocycles. The van der Waals surface area contributed by atoms with Crippen molar-refractivity contribution in [1.82, 2.24) is 4.98 Å². The van der Waals surface area contributed by atoms with E-state index in [0.29, 0.717) is 22.7 Å². The largest absolute Gasteiger partial charge is 0.462 e. The smallest absolute Gasteiger partial charge is 0.341 e. The number of nitrogens with two attached hydrogens (primary N) is 1. The number of aryl methyl sites for hydroxylation is 2. The van der Waals surface area contributed by atoms with E-state index in [2.05, 4.69) is 4.98 Å². The van der Waals surface area contributed by atoms with Crippen molar-refractivity contribution in [3.05, 3.63) is 35.2 Å². The standard InChI is InChI=1S/C14H16N2O3/c1-4-18-14(17)11-10(6-5-8(2)12(11)15)13-16-9(3)7-19-13/h5-7H,4,15H2,1-3H3. The van der Waals surface area contributed by atoms with Crippen LogP contribution in [0, 0.1) is 13.8 Å². The van der Waals surface area contributed by atoms with Gasteiger partial charge in [0.05, 0.1) is 23.4 Å². The van der Waals surface area contributed by atoms with Crippen LogP contribution in [0.2, 0.25) is 0 Å². The van der Waals surface area contributed by atoms with Crippen LogP contribution in [-0.2, 0) is 4.74 Å². The Morgan fingerprint density at radius 2 is 2.16 bits per heavy atom. The first-order chi connectivity index (χ1) is 9.04. The lowest BCUT2D eigenvalue weighted by atomic mass is 10.0. The fourth-order valence-electron chi connectivity index (χ4n) is 1.80.